The number of aliphatic carboxylic acids is 1. The molecule has 0 radical (unpaired) electrons. The van der Waals surface area contributed by atoms with Gasteiger partial charge in [-0.2, -0.15) is 0 Å². The third kappa shape index (κ3) is 2.66. The Bertz CT molecular complexity index is 545. The summed E-state index contributed by atoms with van der Waals surface area (Å²) in [6.45, 7) is 1.68. The van der Waals surface area contributed by atoms with Crippen molar-refractivity contribution in [3.8, 4) is 0 Å². The molecule has 1 N–H and O–H groups in total. The van der Waals surface area contributed by atoms with Crippen LogP contribution in [0.1, 0.15) is 29.7 Å². The lowest BCUT2D eigenvalue weighted by atomic mass is 10.0. The summed E-state index contributed by atoms with van der Waals surface area (Å²) >= 11 is 0. The van der Waals surface area contributed by atoms with Crippen LogP contribution in [0.5, 0.6) is 0 Å². The lowest BCUT2D eigenvalue weighted by molar-refractivity contribution is -0.136. The normalized spacial score (nSPS) is 22.8. The number of carboxylic acid groups (broad SMARTS) is 1. The fraction of sp³-hybridized carbons (Fsp3) is 0.600. The molecule has 1 aliphatic rings. The summed E-state index contributed by atoms with van der Waals surface area (Å²) in [4.78, 5) is 14.6. The molecule has 0 amide bonds. The van der Waals surface area contributed by atoms with Crippen LogP contribution >= 0.6 is 0 Å². The summed E-state index contributed by atoms with van der Waals surface area (Å²) in [5, 5.41) is 8.62. The summed E-state index contributed by atoms with van der Waals surface area (Å²) in [7, 11) is -2.97. The van der Waals surface area contributed by atoms with Crippen molar-refractivity contribution in [2.75, 3.05) is 11.5 Å². The van der Waals surface area contributed by atoms with Gasteiger partial charge >= 0.3 is 5.97 Å². The molecule has 94 valence electrons. The lowest BCUT2D eigenvalue weighted by Gasteiger charge is -2.02. The molecule has 2 heterocycles. The molecule has 6 nitrogen and oxygen atoms in total. The van der Waals surface area contributed by atoms with Gasteiger partial charge in [-0.25, -0.2) is 13.4 Å². The Labute approximate surface area is 98.6 Å². The molecule has 0 aliphatic carbocycles. The summed E-state index contributed by atoms with van der Waals surface area (Å²) in [6.07, 6.45) is 0.253. The molecule has 1 fully saturated rings. The number of carboxylic acids is 1. The van der Waals surface area contributed by atoms with E-state index in [1.807, 2.05) is 0 Å². The third-order valence-electron chi connectivity index (χ3n) is 2.80. The van der Waals surface area contributed by atoms with Crippen molar-refractivity contribution in [2.45, 2.75) is 25.7 Å². The first-order valence-electron chi connectivity index (χ1n) is 5.26. The van der Waals surface area contributed by atoms with Gasteiger partial charge in [-0.15, -0.1) is 0 Å². The van der Waals surface area contributed by atoms with Crippen molar-refractivity contribution in [2.24, 2.45) is 0 Å². The van der Waals surface area contributed by atoms with Gasteiger partial charge < -0.3 is 9.52 Å². The second-order valence-electron chi connectivity index (χ2n) is 4.22. The first-order chi connectivity index (χ1) is 7.87. The SMILES string of the molecule is Cc1oc(CC(=O)O)nc1C1CCS(=O)(=O)C1. The largest absolute Gasteiger partial charge is 0.481 e. The Morgan fingerprint density at radius 2 is 2.29 bits per heavy atom. The zero-order valence-electron chi connectivity index (χ0n) is 9.34. The number of carbonyl (C=O) groups is 1. The minimum atomic E-state index is -2.97. The first kappa shape index (κ1) is 12.1. The Kier molecular flexibility index (Phi) is 2.94. The highest BCUT2D eigenvalue weighted by atomic mass is 32.2. The molecule has 1 atom stereocenters. The first-order valence-corrected chi connectivity index (χ1v) is 7.08. The number of nitrogens with zero attached hydrogens (tertiary/aromatic N) is 1. The van der Waals surface area contributed by atoms with Gasteiger partial charge in [0.25, 0.3) is 0 Å². The van der Waals surface area contributed by atoms with Gasteiger partial charge in [0, 0.05) is 5.92 Å². The zero-order chi connectivity index (χ0) is 12.6. The number of rotatable bonds is 3. The Morgan fingerprint density at radius 3 is 2.82 bits per heavy atom. The molecule has 1 aromatic heterocycles. The molecular weight excluding hydrogens is 246 g/mol. The highest BCUT2D eigenvalue weighted by Gasteiger charge is 2.32. The predicted octanol–water partition coefficient (Wildman–Crippen LogP) is 0.512. The Hall–Kier alpha value is -1.37. The molecule has 1 aliphatic heterocycles. The Balaban J connectivity index is 2.22. The lowest BCUT2D eigenvalue weighted by Crippen LogP contribution is -2.05. The highest BCUT2D eigenvalue weighted by molar-refractivity contribution is 7.91. The van der Waals surface area contributed by atoms with Gasteiger partial charge in [0.2, 0.25) is 5.89 Å². The smallest absolute Gasteiger partial charge is 0.312 e. The van der Waals surface area contributed by atoms with Crippen molar-refractivity contribution in [3.63, 3.8) is 0 Å². The highest BCUT2D eigenvalue weighted by Crippen LogP contribution is 2.30. The van der Waals surface area contributed by atoms with Crippen molar-refractivity contribution >= 4 is 15.8 Å². The van der Waals surface area contributed by atoms with Crippen LogP contribution in [-0.2, 0) is 21.1 Å². The van der Waals surface area contributed by atoms with Crippen LogP contribution in [0.4, 0.5) is 0 Å². The van der Waals surface area contributed by atoms with E-state index in [1.165, 1.54) is 0 Å². The van der Waals surface area contributed by atoms with E-state index in [0.717, 1.165) is 0 Å². The minimum Gasteiger partial charge on any atom is -0.481 e. The molecule has 2 rings (SSSR count). The number of hydrogen-bond acceptors (Lipinski definition) is 5. The van der Waals surface area contributed by atoms with E-state index in [4.69, 9.17) is 9.52 Å². The fourth-order valence-corrected chi connectivity index (χ4v) is 3.81. The van der Waals surface area contributed by atoms with Crippen LogP contribution in [0.2, 0.25) is 0 Å². The van der Waals surface area contributed by atoms with E-state index in [0.29, 0.717) is 17.9 Å². The molecule has 1 saturated heterocycles. The summed E-state index contributed by atoms with van der Waals surface area (Å²) in [5.41, 5.74) is 0.585. The van der Waals surface area contributed by atoms with Crippen LogP contribution in [0.3, 0.4) is 0 Å². The topological polar surface area (TPSA) is 97.5 Å². The van der Waals surface area contributed by atoms with Gasteiger partial charge in [0.1, 0.15) is 12.2 Å². The van der Waals surface area contributed by atoms with Gasteiger partial charge in [-0.3, -0.25) is 4.79 Å². The van der Waals surface area contributed by atoms with Gasteiger partial charge in [-0.1, -0.05) is 0 Å². The van der Waals surface area contributed by atoms with Crippen molar-refractivity contribution in [3.05, 3.63) is 17.3 Å². The summed E-state index contributed by atoms with van der Waals surface area (Å²) in [6, 6.07) is 0. The van der Waals surface area contributed by atoms with Gasteiger partial charge in [-0.05, 0) is 13.3 Å². The standard InChI is InChI=1S/C10H13NO5S/c1-6-10(7-2-3-17(14,15)5-7)11-8(16-6)4-9(12)13/h7H,2-5H2,1H3,(H,12,13). The van der Waals surface area contributed by atoms with E-state index in [2.05, 4.69) is 4.98 Å². The molecule has 7 heteroatoms. The molecule has 0 bridgehead atoms. The molecule has 0 aromatic carbocycles. The van der Waals surface area contributed by atoms with E-state index >= 15 is 0 Å². The number of hydrogen-bond donors (Lipinski definition) is 1. The summed E-state index contributed by atoms with van der Waals surface area (Å²) in [5.74, 6) is -0.286. The molecule has 17 heavy (non-hydrogen) atoms. The minimum absolute atomic E-state index is 0.0763. The molecule has 0 spiro atoms. The van der Waals surface area contributed by atoms with Crippen molar-refractivity contribution in [1.29, 1.82) is 0 Å². The van der Waals surface area contributed by atoms with Crippen LogP contribution < -0.4 is 0 Å². The molecule has 0 saturated carbocycles. The van der Waals surface area contributed by atoms with Crippen LogP contribution in [0, 0.1) is 6.92 Å². The van der Waals surface area contributed by atoms with E-state index in [9.17, 15) is 13.2 Å². The van der Waals surface area contributed by atoms with Crippen molar-refractivity contribution in [1.82, 2.24) is 4.98 Å². The van der Waals surface area contributed by atoms with E-state index in [1.54, 1.807) is 6.92 Å². The van der Waals surface area contributed by atoms with Gasteiger partial charge in [0.15, 0.2) is 9.84 Å². The van der Waals surface area contributed by atoms with Gasteiger partial charge in [0.05, 0.1) is 17.2 Å². The monoisotopic (exact) mass is 259 g/mol. The second kappa shape index (κ2) is 4.14. The number of aryl methyl sites for hydroxylation is 1. The average molecular weight is 259 g/mol. The predicted molar refractivity (Wildman–Crippen MR) is 58.6 cm³/mol. The molecule has 1 aromatic rings. The maximum atomic E-state index is 11.4. The number of oxazole rings is 1. The average Bonchev–Trinajstić information content (AvgIpc) is 2.68. The zero-order valence-corrected chi connectivity index (χ0v) is 10.2. The second-order valence-corrected chi connectivity index (χ2v) is 6.45. The fourth-order valence-electron chi connectivity index (χ4n) is 2.06. The summed E-state index contributed by atoms with van der Waals surface area (Å²) < 4.78 is 27.9. The third-order valence-corrected chi connectivity index (χ3v) is 4.57. The van der Waals surface area contributed by atoms with E-state index < -0.39 is 15.8 Å². The number of aromatic nitrogens is 1. The van der Waals surface area contributed by atoms with Crippen molar-refractivity contribution < 1.29 is 22.7 Å². The quantitative estimate of drug-likeness (QED) is 0.849. The number of sulfone groups is 1. The maximum Gasteiger partial charge on any atom is 0.312 e. The van der Waals surface area contributed by atoms with Crippen LogP contribution in [0.25, 0.3) is 0 Å². The van der Waals surface area contributed by atoms with Crippen LogP contribution in [-0.4, -0.2) is 36.0 Å². The maximum absolute atomic E-state index is 11.4. The molecular formula is C10H13NO5S. The Morgan fingerprint density at radius 1 is 1.59 bits per heavy atom. The molecule has 1 unspecified atom stereocenters. The van der Waals surface area contributed by atoms with Crippen LogP contribution in [0.15, 0.2) is 4.42 Å². The van der Waals surface area contributed by atoms with E-state index in [-0.39, 0.29) is 29.7 Å².